The number of carboxylic acid groups (broad SMARTS) is 1. The maximum absolute atomic E-state index is 14.9. The van der Waals surface area contributed by atoms with Gasteiger partial charge in [-0.15, -0.1) is 0 Å². The van der Waals surface area contributed by atoms with Crippen LogP contribution >= 0.6 is 0 Å². The molecule has 0 unspecified atom stereocenters. The molecule has 3 aromatic rings. The summed E-state index contributed by atoms with van der Waals surface area (Å²) in [5, 5.41) is 44.6. The number of aromatic amines is 1. The summed E-state index contributed by atoms with van der Waals surface area (Å²) in [6, 6.07) is 1.81. The fourth-order valence-electron chi connectivity index (χ4n) is 10.2. The molecule has 1 aromatic heterocycles. The highest BCUT2D eigenvalue weighted by molar-refractivity contribution is 5.99. The number of carbonyl (C=O) groups excluding carboxylic acids is 9. The lowest BCUT2D eigenvalue weighted by atomic mass is 9.98. The molecule has 29 nitrogen and oxygen atoms in total. The number of carbonyl (C=O) groups is 10. The molecular formula is C64H103N17O12. The topological polar surface area (TPSA) is 490 Å². The number of aromatic hydroxyl groups is 1. The van der Waals surface area contributed by atoms with Crippen molar-refractivity contribution in [1.29, 1.82) is 0 Å². The van der Waals surface area contributed by atoms with Crippen LogP contribution < -0.4 is 76.5 Å². The Hall–Kier alpha value is -9.02. The number of fused-ring (bicyclic) bond motifs is 1. The van der Waals surface area contributed by atoms with Crippen LogP contribution in [-0.2, 0) is 60.8 Å². The standard InChI is InChI=1S/C64H103N17O12/c1-34(2)25-46(55(85)73-33-53(83)74-52(62(92)93)30-39-19-21-41(82)22-20-39)77-59(89)49(28-37(7)8)80-61(91)51(31-40-32-72-44-17-12-11-15-42(40)44)81-56(86)45(18-14-24-71-64(68)69)75-57(87)48(27-36(5)6)78-60(90)50(29-38(9)10)79-58(88)47(26-35(3)4)76-54(84)43(65)16-13-23-70-63(66)67/h11-12,15,17,19-22,32,34-38,43,45-52,72,82H,13-14,16,18,23-31,33,65H2,1-10H3,(H,73,85)(H,74,83)(H,75,87)(H,76,84)(H,77,89)(H,78,90)(H,79,88)(H,80,91)(H,81,86)(H,92,93)(H4,66,67,70)(H4,68,69,71)/t43-,45-,46-,47-,48-,49-,50-,51-,52-/m0/s1. The van der Waals surface area contributed by atoms with Crippen LogP contribution in [0.2, 0.25) is 0 Å². The molecule has 3 rings (SSSR count). The molecule has 22 N–H and O–H groups in total. The van der Waals surface area contributed by atoms with Crippen LogP contribution in [0, 0.1) is 29.6 Å². The normalized spacial score (nSPS) is 14.3. The van der Waals surface area contributed by atoms with Crippen LogP contribution in [0.15, 0.2) is 64.7 Å². The number of nitrogens with zero attached hydrogens (tertiary/aromatic N) is 2. The minimum atomic E-state index is -1.42. The van der Waals surface area contributed by atoms with Gasteiger partial charge in [0.05, 0.1) is 12.6 Å². The molecule has 9 amide bonds. The second-order valence-corrected chi connectivity index (χ2v) is 25.7. The number of amides is 9. The second kappa shape index (κ2) is 39.4. The van der Waals surface area contributed by atoms with Gasteiger partial charge in [-0.2, -0.15) is 0 Å². The molecule has 516 valence electrons. The summed E-state index contributed by atoms with van der Waals surface area (Å²) in [4.78, 5) is 151. The number of aliphatic imine (C=N–C) groups is 2. The SMILES string of the molecule is CC(C)C[C@H](NC(=O)[C@H](CC(C)C)NC(=O)[C@H](Cc1c[nH]c2ccccc12)NC(=O)[C@H](CCCN=C(N)N)NC(=O)[C@H](CC(C)C)NC(=O)[C@H](CC(C)C)NC(=O)[C@H](CC(C)C)NC(=O)[C@@H](N)CCCN=C(N)N)C(=O)NCC(=O)N[C@@H](Cc1ccc(O)cc1)C(=O)O. The van der Waals surface area contributed by atoms with E-state index in [-0.39, 0.29) is 125 Å². The number of phenolic OH excluding ortho intramolecular Hbond substituents is 1. The van der Waals surface area contributed by atoms with E-state index >= 15 is 0 Å². The molecule has 29 heteroatoms. The Morgan fingerprint density at radius 2 is 0.849 bits per heavy atom. The summed E-state index contributed by atoms with van der Waals surface area (Å²) in [6.45, 7) is 18.0. The Bertz CT molecular complexity index is 3010. The van der Waals surface area contributed by atoms with Crippen LogP contribution in [-0.4, -0.2) is 160 Å². The van der Waals surface area contributed by atoms with Gasteiger partial charge in [0, 0.05) is 43.0 Å². The van der Waals surface area contributed by atoms with E-state index in [2.05, 4.69) is 62.8 Å². The van der Waals surface area contributed by atoms with Crippen LogP contribution in [0.3, 0.4) is 0 Å². The molecule has 0 fully saturated rings. The summed E-state index contributed by atoms with van der Waals surface area (Å²) in [5.74, 6) is -9.16. The molecule has 93 heavy (non-hydrogen) atoms. The number of para-hydroxylation sites is 1. The summed E-state index contributed by atoms with van der Waals surface area (Å²) in [7, 11) is 0. The summed E-state index contributed by atoms with van der Waals surface area (Å²) < 4.78 is 0. The van der Waals surface area contributed by atoms with Gasteiger partial charge in [0.1, 0.15) is 54.1 Å². The third kappa shape index (κ3) is 29.4. The number of hydrogen-bond acceptors (Lipinski definition) is 14. The van der Waals surface area contributed by atoms with E-state index in [1.54, 1.807) is 12.3 Å². The molecular weight excluding hydrogens is 1200 g/mol. The van der Waals surface area contributed by atoms with Gasteiger partial charge >= 0.3 is 5.97 Å². The van der Waals surface area contributed by atoms with Crippen molar-refractivity contribution in [3.05, 3.63) is 65.9 Å². The third-order valence-electron chi connectivity index (χ3n) is 14.7. The Morgan fingerprint density at radius 1 is 0.462 bits per heavy atom. The van der Waals surface area contributed by atoms with Crippen LogP contribution in [0.5, 0.6) is 5.75 Å². The Morgan fingerprint density at radius 3 is 1.29 bits per heavy atom. The van der Waals surface area contributed by atoms with Gasteiger partial charge in [-0.25, -0.2) is 4.79 Å². The molecule has 0 aliphatic rings. The van der Waals surface area contributed by atoms with Crippen LogP contribution in [0.25, 0.3) is 10.9 Å². The number of aliphatic carboxylic acids is 1. The summed E-state index contributed by atoms with van der Waals surface area (Å²) in [6.07, 6.45) is 2.68. The monoisotopic (exact) mass is 1300 g/mol. The van der Waals surface area contributed by atoms with E-state index in [1.165, 1.54) is 24.3 Å². The molecule has 0 radical (unpaired) electrons. The van der Waals surface area contributed by atoms with Crippen LogP contribution in [0.1, 0.15) is 138 Å². The van der Waals surface area contributed by atoms with Crippen molar-refractivity contribution in [2.45, 2.75) is 194 Å². The molecule has 1 heterocycles. The van der Waals surface area contributed by atoms with E-state index in [0.717, 1.165) is 10.9 Å². The van der Waals surface area contributed by atoms with E-state index in [0.29, 0.717) is 17.5 Å². The van der Waals surface area contributed by atoms with E-state index in [9.17, 15) is 58.2 Å². The van der Waals surface area contributed by atoms with Gasteiger partial charge in [0.15, 0.2) is 11.9 Å². The smallest absolute Gasteiger partial charge is 0.326 e. The lowest BCUT2D eigenvalue weighted by Crippen LogP contribution is -2.61. The number of H-pyrrole nitrogens is 1. The molecule has 2 aromatic carbocycles. The number of aromatic nitrogens is 1. The zero-order valence-corrected chi connectivity index (χ0v) is 55.4. The number of guanidine groups is 2. The number of rotatable bonds is 41. The molecule has 0 aliphatic heterocycles. The Labute approximate surface area is 544 Å². The molecule has 0 bridgehead atoms. The minimum Gasteiger partial charge on any atom is -0.508 e. The lowest BCUT2D eigenvalue weighted by molar-refractivity contribution is -0.141. The predicted octanol–water partition coefficient (Wildman–Crippen LogP) is 0.403. The molecule has 0 saturated carbocycles. The van der Waals surface area contributed by atoms with Gasteiger partial charge in [-0.3, -0.25) is 53.1 Å². The van der Waals surface area contributed by atoms with Crippen molar-refractivity contribution in [3.63, 3.8) is 0 Å². The summed E-state index contributed by atoms with van der Waals surface area (Å²) in [5.41, 5.74) is 30.1. The highest BCUT2D eigenvalue weighted by Gasteiger charge is 2.36. The third-order valence-corrected chi connectivity index (χ3v) is 14.7. The zero-order chi connectivity index (χ0) is 69.6. The van der Waals surface area contributed by atoms with E-state index in [1.807, 2.05) is 87.4 Å². The minimum absolute atomic E-state index is 0.0252. The number of benzene rings is 2. The molecule has 0 aliphatic carbocycles. The van der Waals surface area contributed by atoms with Crippen molar-refractivity contribution in [2.75, 3.05) is 19.6 Å². The quantitative estimate of drug-likeness (QED) is 0.0208. The lowest BCUT2D eigenvalue weighted by Gasteiger charge is -2.29. The molecule has 9 atom stereocenters. The Kier molecular flexibility index (Phi) is 33.1. The van der Waals surface area contributed by atoms with Gasteiger partial charge in [-0.1, -0.05) is 99.6 Å². The number of hydrogen-bond donors (Lipinski definition) is 17. The Balaban J connectivity index is 1.96. The second-order valence-electron chi connectivity index (χ2n) is 25.7. The first-order valence-corrected chi connectivity index (χ1v) is 31.8. The predicted molar refractivity (Wildman–Crippen MR) is 355 cm³/mol. The number of nitrogens with two attached hydrogens (primary N) is 5. The highest BCUT2D eigenvalue weighted by atomic mass is 16.4. The van der Waals surface area contributed by atoms with E-state index < -0.39 is 120 Å². The zero-order valence-electron chi connectivity index (χ0n) is 55.4. The molecule has 0 saturated heterocycles. The number of nitrogens with one attached hydrogen (secondary N) is 10. The maximum Gasteiger partial charge on any atom is 0.326 e. The molecule has 0 spiro atoms. The van der Waals surface area contributed by atoms with Gasteiger partial charge in [0.25, 0.3) is 0 Å². The maximum atomic E-state index is 14.9. The average molecular weight is 1300 g/mol. The highest BCUT2D eigenvalue weighted by Crippen LogP contribution is 2.21. The van der Waals surface area contributed by atoms with Gasteiger partial charge in [0.2, 0.25) is 53.2 Å². The fourth-order valence-corrected chi connectivity index (χ4v) is 10.2. The van der Waals surface area contributed by atoms with Crippen molar-refractivity contribution < 1.29 is 58.2 Å². The van der Waals surface area contributed by atoms with Gasteiger partial charge < -0.3 is 91.7 Å². The van der Waals surface area contributed by atoms with E-state index in [4.69, 9.17) is 28.7 Å². The van der Waals surface area contributed by atoms with Crippen molar-refractivity contribution in [3.8, 4) is 5.75 Å². The number of carboxylic acids is 1. The van der Waals surface area contributed by atoms with Gasteiger partial charge in [-0.05, 0) is 117 Å². The largest absolute Gasteiger partial charge is 0.508 e. The van der Waals surface area contributed by atoms with Crippen molar-refractivity contribution in [1.82, 2.24) is 52.8 Å². The van der Waals surface area contributed by atoms with Crippen LogP contribution in [0.4, 0.5) is 0 Å². The number of phenols is 1. The fraction of sp³-hybridized carbons (Fsp3) is 0.594. The van der Waals surface area contributed by atoms with Crippen molar-refractivity contribution >= 4 is 82.0 Å². The average Bonchev–Trinajstić information content (AvgIpc) is 1.76. The van der Waals surface area contributed by atoms with Crippen molar-refractivity contribution in [2.24, 2.45) is 68.2 Å². The summed E-state index contributed by atoms with van der Waals surface area (Å²) >= 11 is 0. The first kappa shape index (κ1) is 78.2. The first-order valence-electron chi connectivity index (χ1n) is 31.8. The first-order chi connectivity index (χ1) is 43.7.